The SMILES string of the molecule is COc1ccc(CNC(=O)c2cnccc2Cl)c(OC)c1. The lowest BCUT2D eigenvalue weighted by Crippen LogP contribution is -2.23. The zero-order chi connectivity index (χ0) is 15.2. The lowest BCUT2D eigenvalue weighted by Gasteiger charge is -2.11. The number of ether oxygens (including phenoxy) is 2. The van der Waals surface area contributed by atoms with Gasteiger partial charge in [0.25, 0.3) is 5.91 Å². The van der Waals surface area contributed by atoms with Gasteiger partial charge in [0.05, 0.1) is 24.8 Å². The molecule has 1 heterocycles. The maximum absolute atomic E-state index is 12.1. The molecule has 0 aliphatic heterocycles. The van der Waals surface area contributed by atoms with E-state index in [2.05, 4.69) is 10.3 Å². The fourth-order valence-electron chi connectivity index (χ4n) is 1.81. The highest BCUT2D eigenvalue weighted by molar-refractivity contribution is 6.33. The highest BCUT2D eigenvalue weighted by Crippen LogP contribution is 2.24. The molecule has 0 saturated heterocycles. The van der Waals surface area contributed by atoms with Crippen LogP contribution < -0.4 is 14.8 Å². The van der Waals surface area contributed by atoms with E-state index in [9.17, 15) is 4.79 Å². The van der Waals surface area contributed by atoms with Crippen LogP contribution in [0, 0.1) is 0 Å². The van der Waals surface area contributed by atoms with E-state index in [1.165, 1.54) is 12.4 Å². The highest BCUT2D eigenvalue weighted by Gasteiger charge is 2.11. The van der Waals surface area contributed by atoms with Gasteiger partial charge in [0.15, 0.2) is 0 Å². The van der Waals surface area contributed by atoms with Crippen LogP contribution in [0.5, 0.6) is 11.5 Å². The van der Waals surface area contributed by atoms with Crippen molar-refractivity contribution in [3.05, 3.63) is 52.8 Å². The van der Waals surface area contributed by atoms with Crippen LogP contribution in [0.3, 0.4) is 0 Å². The standard InChI is InChI=1S/C15H15ClN2O3/c1-20-11-4-3-10(14(7-11)21-2)8-18-15(19)12-9-17-6-5-13(12)16/h3-7,9H,8H2,1-2H3,(H,18,19). The molecule has 0 fully saturated rings. The summed E-state index contributed by atoms with van der Waals surface area (Å²) in [5.41, 5.74) is 1.18. The van der Waals surface area contributed by atoms with Gasteiger partial charge in [0, 0.05) is 30.6 Å². The minimum atomic E-state index is -0.286. The molecule has 21 heavy (non-hydrogen) atoms. The molecule has 110 valence electrons. The first kappa shape index (κ1) is 15.1. The van der Waals surface area contributed by atoms with Crippen molar-refractivity contribution in [1.29, 1.82) is 0 Å². The zero-order valence-electron chi connectivity index (χ0n) is 11.7. The number of halogens is 1. The summed E-state index contributed by atoms with van der Waals surface area (Å²) in [6, 6.07) is 6.98. The lowest BCUT2D eigenvalue weighted by molar-refractivity contribution is 0.0950. The number of methoxy groups -OCH3 is 2. The van der Waals surface area contributed by atoms with E-state index in [1.54, 1.807) is 32.4 Å². The summed E-state index contributed by atoms with van der Waals surface area (Å²) in [7, 11) is 3.15. The summed E-state index contributed by atoms with van der Waals surface area (Å²) in [5, 5.41) is 3.15. The van der Waals surface area contributed by atoms with Crippen molar-refractivity contribution < 1.29 is 14.3 Å². The van der Waals surface area contributed by atoms with Crippen LogP contribution in [0.25, 0.3) is 0 Å². The Labute approximate surface area is 127 Å². The Balaban J connectivity index is 2.10. The summed E-state index contributed by atoms with van der Waals surface area (Å²) in [4.78, 5) is 16.0. The first-order chi connectivity index (χ1) is 10.2. The Morgan fingerprint density at radius 3 is 2.76 bits per heavy atom. The number of nitrogens with zero attached hydrogens (tertiary/aromatic N) is 1. The fourth-order valence-corrected chi connectivity index (χ4v) is 2.00. The number of carbonyl (C=O) groups is 1. The maximum atomic E-state index is 12.1. The third-order valence-electron chi connectivity index (χ3n) is 2.95. The van der Waals surface area contributed by atoms with Gasteiger partial charge in [-0.3, -0.25) is 9.78 Å². The number of rotatable bonds is 5. The molecule has 0 unspecified atom stereocenters. The van der Waals surface area contributed by atoms with Crippen molar-refractivity contribution in [2.24, 2.45) is 0 Å². The van der Waals surface area contributed by atoms with Gasteiger partial charge in [0.2, 0.25) is 0 Å². The molecule has 1 N–H and O–H groups in total. The molecule has 1 aromatic heterocycles. The summed E-state index contributed by atoms with van der Waals surface area (Å²) in [6.45, 7) is 0.317. The molecule has 0 saturated carbocycles. The van der Waals surface area contributed by atoms with Crippen molar-refractivity contribution in [2.45, 2.75) is 6.54 Å². The minimum Gasteiger partial charge on any atom is -0.497 e. The predicted molar refractivity (Wildman–Crippen MR) is 80.0 cm³/mol. The molecule has 0 atom stereocenters. The normalized spacial score (nSPS) is 10.0. The van der Waals surface area contributed by atoms with E-state index in [0.717, 1.165) is 5.56 Å². The number of carbonyl (C=O) groups excluding carboxylic acids is 1. The fraction of sp³-hybridized carbons (Fsp3) is 0.200. The number of hydrogen-bond acceptors (Lipinski definition) is 4. The second kappa shape index (κ2) is 6.95. The number of benzene rings is 1. The van der Waals surface area contributed by atoms with Gasteiger partial charge < -0.3 is 14.8 Å². The van der Waals surface area contributed by atoms with Crippen LogP contribution in [0.1, 0.15) is 15.9 Å². The molecule has 1 aromatic carbocycles. The Morgan fingerprint density at radius 2 is 2.10 bits per heavy atom. The van der Waals surface area contributed by atoms with Gasteiger partial charge >= 0.3 is 0 Å². The molecule has 2 aromatic rings. The Bertz CT molecular complexity index is 647. The van der Waals surface area contributed by atoms with Crippen molar-refractivity contribution in [2.75, 3.05) is 14.2 Å². The van der Waals surface area contributed by atoms with E-state index >= 15 is 0 Å². The third kappa shape index (κ3) is 3.64. The van der Waals surface area contributed by atoms with E-state index in [-0.39, 0.29) is 5.91 Å². The second-order valence-corrected chi connectivity index (χ2v) is 4.62. The van der Waals surface area contributed by atoms with Crippen molar-refractivity contribution in [3.63, 3.8) is 0 Å². The molecule has 2 rings (SSSR count). The van der Waals surface area contributed by atoms with Gasteiger partial charge in [-0.25, -0.2) is 0 Å². The van der Waals surface area contributed by atoms with Gasteiger partial charge in [0.1, 0.15) is 11.5 Å². The highest BCUT2D eigenvalue weighted by atomic mass is 35.5. The van der Waals surface area contributed by atoms with Gasteiger partial charge in [-0.05, 0) is 18.2 Å². The van der Waals surface area contributed by atoms with Gasteiger partial charge in [-0.2, -0.15) is 0 Å². The van der Waals surface area contributed by atoms with Gasteiger partial charge in [-0.1, -0.05) is 11.6 Å². The van der Waals surface area contributed by atoms with Gasteiger partial charge in [-0.15, -0.1) is 0 Å². The smallest absolute Gasteiger partial charge is 0.254 e. The molecule has 0 aliphatic carbocycles. The summed E-state index contributed by atoms with van der Waals surface area (Å²) >= 11 is 5.96. The van der Waals surface area contributed by atoms with Crippen LogP contribution in [-0.2, 0) is 6.54 Å². The Morgan fingerprint density at radius 1 is 1.29 bits per heavy atom. The number of hydrogen-bond donors (Lipinski definition) is 1. The monoisotopic (exact) mass is 306 g/mol. The van der Waals surface area contributed by atoms with E-state index in [0.29, 0.717) is 28.6 Å². The largest absolute Gasteiger partial charge is 0.497 e. The third-order valence-corrected chi connectivity index (χ3v) is 3.28. The molecule has 0 radical (unpaired) electrons. The van der Waals surface area contributed by atoms with Crippen molar-refractivity contribution in [3.8, 4) is 11.5 Å². The molecule has 0 spiro atoms. The average Bonchev–Trinajstić information content (AvgIpc) is 2.52. The number of aromatic nitrogens is 1. The van der Waals surface area contributed by atoms with Crippen LogP contribution in [0.4, 0.5) is 0 Å². The summed E-state index contributed by atoms with van der Waals surface area (Å²) < 4.78 is 10.4. The summed E-state index contributed by atoms with van der Waals surface area (Å²) in [5.74, 6) is 1.05. The quantitative estimate of drug-likeness (QED) is 0.922. The van der Waals surface area contributed by atoms with E-state index < -0.39 is 0 Å². The minimum absolute atomic E-state index is 0.286. The van der Waals surface area contributed by atoms with E-state index in [1.807, 2.05) is 6.07 Å². The van der Waals surface area contributed by atoms with Crippen LogP contribution in [-0.4, -0.2) is 25.1 Å². The van der Waals surface area contributed by atoms with Crippen molar-refractivity contribution >= 4 is 17.5 Å². The number of nitrogens with one attached hydrogen (secondary N) is 1. The topological polar surface area (TPSA) is 60.5 Å². The second-order valence-electron chi connectivity index (χ2n) is 4.22. The molecule has 6 heteroatoms. The summed E-state index contributed by atoms with van der Waals surface area (Å²) in [6.07, 6.45) is 2.97. The molecule has 0 aliphatic rings. The Kier molecular flexibility index (Phi) is 5.00. The first-order valence-electron chi connectivity index (χ1n) is 6.24. The number of amides is 1. The van der Waals surface area contributed by atoms with Crippen LogP contribution in [0.2, 0.25) is 5.02 Å². The van der Waals surface area contributed by atoms with Crippen LogP contribution >= 0.6 is 11.6 Å². The average molecular weight is 307 g/mol. The maximum Gasteiger partial charge on any atom is 0.254 e. The van der Waals surface area contributed by atoms with Crippen molar-refractivity contribution in [1.82, 2.24) is 10.3 Å². The number of pyridine rings is 1. The molecule has 5 nitrogen and oxygen atoms in total. The predicted octanol–water partition coefficient (Wildman–Crippen LogP) is 2.68. The molecular formula is C15H15ClN2O3. The Hall–Kier alpha value is -2.27. The lowest BCUT2D eigenvalue weighted by atomic mass is 10.2. The zero-order valence-corrected chi connectivity index (χ0v) is 12.5. The molecule has 0 bridgehead atoms. The molecular weight excluding hydrogens is 292 g/mol. The first-order valence-corrected chi connectivity index (χ1v) is 6.62. The van der Waals surface area contributed by atoms with E-state index in [4.69, 9.17) is 21.1 Å². The van der Waals surface area contributed by atoms with Crippen LogP contribution in [0.15, 0.2) is 36.7 Å². The molecule has 1 amide bonds.